The molecule has 5 rings (SSSR count). The van der Waals surface area contributed by atoms with Gasteiger partial charge in [-0.05, 0) is 0 Å². The van der Waals surface area contributed by atoms with Gasteiger partial charge in [-0.1, -0.05) is 12.8 Å². The Kier molecular flexibility index (Phi) is 5.38. The number of hydrogen-bond donors (Lipinski definition) is 2. The third-order valence-electron chi connectivity index (χ3n) is 7.29. The molecule has 3 saturated carbocycles. The molecule has 0 radical (unpaired) electrons. The molecular formula is C19H26I2NO6-. The minimum Gasteiger partial charge on any atom is -0.0505 e. The first-order valence-corrected chi connectivity index (χ1v) is 14.0. The molecular weight excluding hydrogens is 592 g/mol. The topological polar surface area (TPSA) is 94.1 Å². The molecule has 9 atom stereocenters. The molecule has 5 aliphatic rings. The van der Waals surface area contributed by atoms with Crippen LogP contribution in [0.3, 0.4) is 0 Å². The summed E-state index contributed by atoms with van der Waals surface area (Å²) in [7, 11) is 0. The zero-order chi connectivity index (χ0) is 19.6. The standard InChI is InChI=1S/C19H26I2NO6/c1-19(4-2-3-5-19)28-17(24)12-9-6-8-11(12)16(23)26-14(8)15(9)27-18(25)13(20)10-7-21-22-10/h8-15,17,22,24H,2-7H2,1H3/q-1. The molecule has 158 valence electrons. The third-order valence-corrected chi connectivity index (χ3v) is 11.3. The van der Waals surface area contributed by atoms with Gasteiger partial charge >= 0.3 is 177 Å². The Morgan fingerprint density at radius 2 is 2.11 bits per heavy atom. The molecule has 0 aromatic heterocycles. The van der Waals surface area contributed by atoms with E-state index in [0.717, 1.165) is 36.5 Å². The van der Waals surface area contributed by atoms with Gasteiger partial charge in [-0.3, -0.25) is 0 Å². The summed E-state index contributed by atoms with van der Waals surface area (Å²) in [4.78, 5) is 25.2. The van der Waals surface area contributed by atoms with E-state index in [-0.39, 0.29) is 78.8 Å². The zero-order valence-electron chi connectivity index (χ0n) is 15.7. The van der Waals surface area contributed by atoms with Crippen LogP contribution in [-0.2, 0) is 23.8 Å². The van der Waals surface area contributed by atoms with Crippen LogP contribution in [0.15, 0.2) is 0 Å². The van der Waals surface area contributed by atoms with Crippen molar-refractivity contribution in [3.63, 3.8) is 0 Å². The van der Waals surface area contributed by atoms with Gasteiger partial charge in [-0.15, -0.1) is 0 Å². The molecule has 2 N–H and O–H groups in total. The number of nitrogens with one attached hydrogen (secondary N) is 1. The van der Waals surface area contributed by atoms with E-state index in [1.54, 1.807) is 0 Å². The Balaban J connectivity index is 1.32. The van der Waals surface area contributed by atoms with Crippen LogP contribution in [0, 0.1) is 23.7 Å². The van der Waals surface area contributed by atoms with Crippen LogP contribution in [0.5, 0.6) is 0 Å². The van der Waals surface area contributed by atoms with Crippen LogP contribution >= 0.6 is 22.6 Å². The molecule has 2 aliphatic heterocycles. The van der Waals surface area contributed by atoms with Crippen molar-refractivity contribution in [2.45, 2.75) is 73.1 Å². The van der Waals surface area contributed by atoms with Crippen LogP contribution in [0.25, 0.3) is 0 Å². The van der Waals surface area contributed by atoms with E-state index >= 15 is 0 Å². The van der Waals surface area contributed by atoms with Crippen LogP contribution in [-0.4, -0.2) is 55.5 Å². The van der Waals surface area contributed by atoms with Gasteiger partial charge in [0.25, 0.3) is 0 Å². The average molecular weight is 618 g/mol. The second-order valence-electron chi connectivity index (χ2n) is 9.04. The third kappa shape index (κ3) is 3.21. The summed E-state index contributed by atoms with van der Waals surface area (Å²) in [5, 5.41) is 11.0. The number of aliphatic hydroxyl groups is 1. The van der Waals surface area contributed by atoms with Gasteiger partial charge < -0.3 is 0 Å². The number of esters is 2. The second-order valence-corrected chi connectivity index (χ2v) is 12.6. The van der Waals surface area contributed by atoms with E-state index in [1.807, 2.05) is 6.92 Å². The first kappa shape index (κ1) is 20.2. The molecule has 3 aliphatic carbocycles. The molecule has 9 unspecified atom stereocenters. The van der Waals surface area contributed by atoms with Gasteiger partial charge in [0, 0.05) is 0 Å². The van der Waals surface area contributed by atoms with Gasteiger partial charge in [0.05, 0.1) is 0 Å². The number of aliphatic hydroxyl groups excluding tert-OH is 1. The number of hydrogen-bond acceptors (Lipinski definition) is 7. The number of rotatable bonds is 6. The molecule has 2 bridgehead atoms. The van der Waals surface area contributed by atoms with Crippen LogP contribution < -0.4 is 25.0 Å². The minimum atomic E-state index is -1.02. The Bertz CT molecular complexity index is 667. The molecule has 28 heavy (non-hydrogen) atoms. The number of halogens is 2. The smallest absolute Gasteiger partial charge is 0.0505 e. The summed E-state index contributed by atoms with van der Waals surface area (Å²) >= 11 is 2.20. The van der Waals surface area contributed by atoms with Crippen molar-refractivity contribution in [3.8, 4) is 0 Å². The summed E-state index contributed by atoms with van der Waals surface area (Å²) in [6, 6.07) is 0.199. The van der Waals surface area contributed by atoms with E-state index in [4.69, 9.17) is 14.2 Å². The normalized spacial score (nSPS) is 45.1. The van der Waals surface area contributed by atoms with Crippen molar-refractivity contribution in [1.82, 2.24) is 3.53 Å². The summed E-state index contributed by atoms with van der Waals surface area (Å²) in [6.07, 6.45) is 2.95. The molecule has 0 spiro atoms. The van der Waals surface area contributed by atoms with Crippen molar-refractivity contribution >= 4 is 34.5 Å². The molecule has 2 saturated heterocycles. The maximum absolute atomic E-state index is 12.7. The number of fused-ring (bicyclic) bond motifs is 1. The minimum absolute atomic E-state index is 0.0234. The number of alkyl halides is 2. The van der Waals surface area contributed by atoms with E-state index in [1.165, 1.54) is 0 Å². The Morgan fingerprint density at radius 3 is 2.75 bits per heavy atom. The van der Waals surface area contributed by atoms with Crippen molar-refractivity contribution in [3.05, 3.63) is 0 Å². The Labute approximate surface area is 188 Å². The summed E-state index contributed by atoms with van der Waals surface area (Å²) < 4.78 is 21.8. The van der Waals surface area contributed by atoms with E-state index in [0.29, 0.717) is 0 Å². The van der Waals surface area contributed by atoms with Crippen LogP contribution in [0.1, 0.15) is 39.0 Å². The summed E-state index contributed by atoms with van der Waals surface area (Å²) in [5.74, 6) is -1.26. The van der Waals surface area contributed by atoms with Crippen molar-refractivity contribution in [2.24, 2.45) is 23.7 Å². The molecule has 2 heterocycles. The number of ether oxygens (including phenoxy) is 3. The van der Waals surface area contributed by atoms with Crippen molar-refractivity contribution in [2.75, 3.05) is 4.43 Å². The quantitative estimate of drug-likeness (QED) is 0.119. The van der Waals surface area contributed by atoms with E-state index in [9.17, 15) is 14.7 Å². The zero-order valence-corrected chi connectivity index (χ0v) is 20.0. The number of carbonyl (C=O) groups excluding carboxylic acids is 2. The van der Waals surface area contributed by atoms with Gasteiger partial charge in [0.15, 0.2) is 0 Å². The first-order valence-electron chi connectivity index (χ1n) is 10.1. The predicted molar refractivity (Wildman–Crippen MR) is 102 cm³/mol. The fourth-order valence-electron chi connectivity index (χ4n) is 5.86. The summed E-state index contributed by atoms with van der Waals surface area (Å²) in [6.45, 7) is 2.04. The van der Waals surface area contributed by atoms with Gasteiger partial charge in [0.1, 0.15) is 0 Å². The molecule has 0 aromatic rings. The fraction of sp³-hybridized carbons (Fsp3) is 0.895. The predicted octanol–water partition coefficient (Wildman–Crippen LogP) is -1.85. The van der Waals surface area contributed by atoms with Gasteiger partial charge in [-0.2, -0.15) is 0 Å². The molecule has 0 aromatic carbocycles. The average Bonchev–Trinajstić information content (AvgIpc) is 3.30. The first-order chi connectivity index (χ1) is 13.4. The Morgan fingerprint density at radius 1 is 1.39 bits per heavy atom. The van der Waals surface area contributed by atoms with E-state index < -0.39 is 12.4 Å². The Hall–Kier alpha value is 0.280. The SMILES string of the molecule is CC1(OC(O)C2C3CC4C(OC(=O)C42)C3OC(=O)C(I)C2C[I-]N2)CCCC1. The van der Waals surface area contributed by atoms with Crippen LogP contribution in [0.4, 0.5) is 0 Å². The number of carbonyl (C=O) groups is 2. The monoisotopic (exact) mass is 618 g/mol. The fourth-order valence-corrected chi connectivity index (χ4v) is 9.92. The van der Waals surface area contributed by atoms with Gasteiger partial charge in [-0.25, -0.2) is 0 Å². The molecule has 9 heteroatoms. The van der Waals surface area contributed by atoms with Crippen LogP contribution in [0.2, 0.25) is 0 Å². The van der Waals surface area contributed by atoms with Crippen molar-refractivity contribution < 1.29 is 50.4 Å². The van der Waals surface area contributed by atoms with E-state index in [2.05, 4.69) is 26.1 Å². The van der Waals surface area contributed by atoms with Crippen molar-refractivity contribution in [1.29, 1.82) is 0 Å². The second kappa shape index (κ2) is 7.45. The maximum atomic E-state index is 12.7. The van der Waals surface area contributed by atoms with Gasteiger partial charge in [0.2, 0.25) is 0 Å². The molecule has 5 fully saturated rings. The molecule has 0 amide bonds. The summed E-state index contributed by atoms with van der Waals surface area (Å²) in [5.41, 5.74) is -0.332. The molecule has 7 nitrogen and oxygen atoms in total.